The Balaban J connectivity index is 0.00000320. The number of carbonyl (C=O) groups is 1. The molecule has 1 amide bonds. The Morgan fingerprint density at radius 2 is 1.77 bits per heavy atom. The fourth-order valence-corrected chi connectivity index (χ4v) is 3.38. The zero-order valence-electron chi connectivity index (χ0n) is 17.4. The number of phenols is 1. The maximum atomic E-state index is 11.9. The molecule has 1 aliphatic heterocycles. The van der Waals surface area contributed by atoms with E-state index in [2.05, 4.69) is 22.5 Å². The quantitative estimate of drug-likeness (QED) is 0.213. The highest BCUT2D eigenvalue weighted by Crippen LogP contribution is 2.21. The van der Waals surface area contributed by atoms with E-state index in [0.717, 1.165) is 56.1 Å². The minimum absolute atomic E-state index is 0. The van der Waals surface area contributed by atoms with Crippen molar-refractivity contribution in [3.05, 3.63) is 59.7 Å². The second-order valence-electron chi connectivity index (χ2n) is 7.21. The zero-order valence-corrected chi connectivity index (χ0v) is 19.8. The molecule has 0 unspecified atom stereocenters. The number of amides is 1. The average molecular weight is 522 g/mol. The lowest BCUT2D eigenvalue weighted by molar-refractivity contribution is -0.117. The molecule has 2 aromatic carbocycles. The molecule has 0 radical (unpaired) electrons. The molecule has 3 rings (SSSR count). The number of benzene rings is 2. The summed E-state index contributed by atoms with van der Waals surface area (Å²) in [5.74, 6) is 1.31. The summed E-state index contributed by atoms with van der Waals surface area (Å²) in [6, 6.07) is 15.4. The molecule has 1 aliphatic rings. The summed E-state index contributed by atoms with van der Waals surface area (Å²) in [5.41, 5.74) is 3.30. The Kier molecular flexibility index (Phi) is 9.93. The number of halogens is 1. The largest absolute Gasteiger partial charge is 0.508 e. The number of aromatic hydroxyl groups is 1. The van der Waals surface area contributed by atoms with Crippen molar-refractivity contribution in [3.8, 4) is 5.75 Å². The van der Waals surface area contributed by atoms with Crippen LogP contribution >= 0.6 is 24.0 Å². The number of guanidine groups is 1. The van der Waals surface area contributed by atoms with Crippen LogP contribution in [-0.2, 0) is 17.8 Å². The smallest absolute Gasteiger partial charge is 0.227 e. The van der Waals surface area contributed by atoms with Crippen molar-refractivity contribution in [1.29, 1.82) is 0 Å². The molecular weight excluding hydrogens is 491 g/mol. The molecule has 7 heteroatoms. The molecule has 0 bridgehead atoms. The summed E-state index contributed by atoms with van der Waals surface area (Å²) in [5, 5.41) is 16.0. The van der Waals surface area contributed by atoms with Crippen molar-refractivity contribution in [2.45, 2.75) is 39.2 Å². The molecule has 162 valence electrons. The summed E-state index contributed by atoms with van der Waals surface area (Å²) in [7, 11) is 0. The van der Waals surface area contributed by atoms with Gasteiger partial charge in [0, 0.05) is 31.7 Å². The van der Waals surface area contributed by atoms with Crippen molar-refractivity contribution in [2.24, 2.45) is 4.99 Å². The molecule has 0 aliphatic carbocycles. The number of anilines is 1. The lowest BCUT2D eigenvalue weighted by Gasteiger charge is -2.16. The van der Waals surface area contributed by atoms with E-state index in [1.54, 1.807) is 12.1 Å². The molecule has 1 heterocycles. The minimum Gasteiger partial charge on any atom is -0.508 e. The van der Waals surface area contributed by atoms with E-state index < -0.39 is 0 Å². The fourth-order valence-electron chi connectivity index (χ4n) is 3.38. The third kappa shape index (κ3) is 7.19. The number of aryl methyl sites for hydroxylation is 1. The number of hydrogen-bond donors (Lipinski definition) is 3. The van der Waals surface area contributed by atoms with Gasteiger partial charge < -0.3 is 20.6 Å². The molecule has 1 saturated heterocycles. The Morgan fingerprint density at radius 3 is 2.40 bits per heavy atom. The number of nitrogens with zero attached hydrogens (tertiary/aromatic N) is 2. The van der Waals surface area contributed by atoms with E-state index in [1.807, 2.05) is 41.3 Å². The second-order valence-corrected chi connectivity index (χ2v) is 7.21. The minimum atomic E-state index is 0. The zero-order chi connectivity index (χ0) is 20.5. The van der Waals surface area contributed by atoms with Crippen molar-refractivity contribution in [1.82, 2.24) is 10.6 Å². The number of phenolic OH excluding ortho intramolecular Hbond substituents is 1. The molecule has 2 aromatic rings. The van der Waals surface area contributed by atoms with E-state index in [0.29, 0.717) is 18.7 Å². The molecule has 6 nitrogen and oxygen atoms in total. The van der Waals surface area contributed by atoms with Gasteiger partial charge in [-0.1, -0.05) is 24.3 Å². The fraction of sp³-hybridized carbons (Fsp3) is 0.391. The van der Waals surface area contributed by atoms with Gasteiger partial charge in [-0.25, -0.2) is 4.99 Å². The van der Waals surface area contributed by atoms with Crippen LogP contribution in [0, 0.1) is 0 Å². The SMILES string of the molecule is CCNC(=NCc1ccc(N2CCCC2=O)cc1)NCCCc1ccc(O)cc1.I. The summed E-state index contributed by atoms with van der Waals surface area (Å²) >= 11 is 0. The van der Waals surface area contributed by atoms with E-state index in [9.17, 15) is 9.90 Å². The van der Waals surface area contributed by atoms with Crippen molar-refractivity contribution < 1.29 is 9.90 Å². The maximum absolute atomic E-state index is 11.9. The summed E-state index contributed by atoms with van der Waals surface area (Å²) in [4.78, 5) is 18.4. The lowest BCUT2D eigenvalue weighted by Crippen LogP contribution is -2.37. The molecule has 0 atom stereocenters. The molecule has 0 spiro atoms. The first-order chi connectivity index (χ1) is 14.2. The molecule has 0 aromatic heterocycles. The highest BCUT2D eigenvalue weighted by atomic mass is 127. The van der Waals surface area contributed by atoms with E-state index in [-0.39, 0.29) is 29.9 Å². The summed E-state index contributed by atoms with van der Waals surface area (Å²) < 4.78 is 0. The van der Waals surface area contributed by atoms with Crippen molar-refractivity contribution in [3.63, 3.8) is 0 Å². The van der Waals surface area contributed by atoms with Crippen LogP contribution < -0.4 is 15.5 Å². The summed E-state index contributed by atoms with van der Waals surface area (Å²) in [6.07, 6.45) is 3.52. The van der Waals surface area contributed by atoms with Crippen LogP contribution in [0.5, 0.6) is 5.75 Å². The van der Waals surface area contributed by atoms with Gasteiger partial charge >= 0.3 is 0 Å². The van der Waals surface area contributed by atoms with Gasteiger partial charge in [-0.05, 0) is 61.6 Å². The molecule has 3 N–H and O–H groups in total. The first kappa shape index (κ1) is 24.0. The van der Waals surface area contributed by atoms with Gasteiger partial charge in [-0.3, -0.25) is 4.79 Å². The van der Waals surface area contributed by atoms with Crippen LogP contribution in [-0.4, -0.2) is 36.6 Å². The van der Waals surface area contributed by atoms with Crippen molar-refractivity contribution in [2.75, 3.05) is 24.5 Å². The molecular formula is C23H31IN4O2. The molecule has 30 heavy (non-hydrogen) atoms. The first-order valence-corrected chi connectivity index (χ1v) is 10.3. The first-order valence-electron chi connectivity index (χ1n) is 10.3. The number of nitrogens with one attached hydrogen (secondary N) is 2. The van der Waals surface area contributed by atoms with Crippen LogP contribution in [0.25, 0.3) is 0 Å². The van der Waals surface area contributed by atoms with Gasteiger partial charge in [-0.15, -0.1) is 24.0 Å². The van der Waals surface area contributed by atoms with E-state index in [1.165, 1.54) is 5.56 Å². The van der Waals surface area contributed by atoms with Crippen LogP contribution in [0.4, 0.5) is 5.69 Å². The predicted molar refractivity (Wildman–Crippen MR) is 133 cm³/mol. The lowest BCUT2D eigenvalue weighted by atomic mass is 10.1. The van der Waals surface area contributed by atoms with Crippen LogP contribution in [0.3, 0.4) is 0 Å². The predicted octanol–water partition coefficient (Wildman–Crippen LogP) is 3.82. The Bertz CT molecular complexity index is 822. The van der Waals surface area contributed by atoms with E-state index >= 15 is 0 Å². The number of hydrogen-bond acceptors (Lipinski definition) is 3. The topological polar surface area (TPSA) is 77.0 Å². The third-order valence-electron chi connectivity index (χ3n) is 4.96. The van der Waals surface area contributed by atoms with E-state index in [4.69, 9.17) is 0 Å². The second kappa shape index (κ2) is 12.4. The maximum Gasteiger partial charge on any atom is 0.227 e. The monoisotopic (exact) mass is 522 g/mol. The number of aliphatic imine (C=N–C) groups is 1. The van der Waals surface area contributed by atoms with Gasteiger partial charge in [0.15, 0.2) is 5.96 Å². The van der Waals surface area contributed by atoms with Gasteiger partial charge in [0.1, 0.15) is 5.75 Å². The van der Waals surface area contributed by atoms with Gasteiger partial charge in [-0.2, -0.15) is 0 Å². The highest BCUT2D eigenvalue weighted by molar-refractivity contribution is 14.0. The Labute approximate surface area is 195 Å². The highest BCUT2D eigenvalue weighted by Gasteiger charge is 2.21. The standard InChI is InChI=1S/C23H30N4O2.HI/c1-2-24-23(25-15-3-5-18-9-13-21(28)14-10-18)26-17-19-7-11-20(12-8-19)27-16-4-6-22(27)29;/h7-14,28H,2-6,15-17H2,1H3,(H2,24,25,26);1H. The van der Waals surface area contributed by atoms with Gasteiger partial charge in [0.05, 0.1) is 6.54 Å². The number of rotatable bonds is 8. The third-order valence-corrected chi connectivity index (χ3v) is 4.96. The summed E-state index contributed by atoms with van der Waals surface area (Å²) in [6.45, 7) is 5.08. The number of carbonyl (C=O) groups excluding carboxylic acids is 1. The van der Waals surface area contributed by atoms with Crippen LogP contribution in [0.2, 0.25) is 0 Å². The normalized spacial score (nSPS) is 13.8. The van der Waals surface area contributed by atoms with Crippen LogP contribution in [0.1, 0.15) is 37.3 Å². The average Bonchev–Trinajstić information content (AvgIpc) is 3.17. The van der Waals surface area contributed by atoms with Gasteiger partial charge in [0.2, 0.25) is 5.91 Å². The van der Waals surface area contributed by atoms with Crippen LogP contribution in [0.15, 0.2) is 53.5 Å². The molecule has 0 saturated carbocycles. The Hall–Kier alpha value is -2.29. The Morgan fingerprint density at radius 1 is 1.07 bits per heavy atom. The van der Waals surface area contributed by atoms with Gasteiger partial charge in [0.25, 0.3) is 0 Å². The van der Waals surface area contributed by atoms with Crippen molar-refractivity contribution >= 4 is 41.5 Å². The molecule has 1 fully saturated rings.